The van der Waals surface area contributed by atoms with Crippen molar-refractivity contribution in [3.05, 3.63) is 60.1 Å². The second kappa shape index (κ2) is 10.5. The number of amides is 1. The van der Waals surface area contributed by atoms with Crippen LogP contribution in [0, 0.1) is 0 Å². The van der Waals surface area contributed by atoms with Gasteiger partial charge in [-0.3, -0.25) is 9.78 Å². The average molecular weight is 518 g/mol. The van der Waals surface area contributed by atoms with Gasteiger partial charge in [-0.1, -0.05) is 0 Å². The number of aryl methyl sites for hydroxylation is 1. The summed E-state index contributed by atoms with van der Waals surface area (Å²) in [6.07, 6.45) is 11.5. The number of fused-ring (bicyclic) bond motifs is 1. The lowest BCUT2D eigenvalue weighted by atomic mass is 10.0. The summed E-state index contributed by atoms with van der Waals surface area (Å²) in [5, 5.41) is 13.2. The molecule has 1 amide bonds. The minimum Gasteiger partial charge on any atom is -0.444 e. The molecule has 1 aliphatic heterocycles. The number of carbonyl (C=O) groups excluding carboxylic acids is 1. The summed E-state index contributed by atoms with van der Waals surface area (Å²) in [5.74, 6) is -0.0290. The van der Waals surface area contributed by atoms with Gasteiger partial charge in [-0.2, -0.15) is 0 Å². The van der Waals surface area contributed by atoms with Crippen molar-refractivity contribution in [3.63, 3.8) is 0 Å². The van der Waals surface area contributed by atoms with Crippen LogP contribution >= 0.6 is 0 Å². The Labute approximate surface area is 221 Å². The van der Waals surface area contributed by atoms with Crippen molar-refractivity contribution >= 4 is 22.9 Å². The fourth-order valence-electron chi connectivity index (χ4n) is 4.65. The highest BCUT2D eigenvalue weighted by Gasteiger charge is 2.21. The van der Waals surface area contributed by atoms with E-state index in [2.05, 4.69) is 20.2 Å². The van der Waals surface area contributed by atoms with Crippen LogP contribution in [0.15, 0.2) is 47.5 Å². The fourth-order valence-corrected chi connectivity index (χ4v) is 4.65. The lowest BCUT2D eigenvalue weighted by molar-refractivity contribution is 0.0711. The number of nitrogens with one attached hydrogen (secondary N) is 1. The maximum atomic E-state index is 13.3. The Kier molecular flexibility index (Phi) is 7.18. The number of carbonyl (C=O) groups is 1. The molecule has 1 aliphatic rings. The van der Waals surface area contributed by atoms with E-state index >= 15 is 0 Å². The maximum absolute atomic E-state index is 13.3. The minimum absolute atomic E-state index is 0.181. The molecule has 0 bridgehead atoms. The highest BCUT2D eigenvalue weighted by molar-refractivity contribution is 6.04. The van der Waals surface area contributed by atoms with E-state index in [9.17, 15) is 9.90 Å². The van der Waals surface area contributed by atoms with Crippen LogP contribution in [-0.4, -0.2) is 49.1 Å². The van der Waals surface area contributed by atoms with E-state index in [0.29, 0.717) is 35.7 Å². The number of nitrogens with two attached hydrogens (primary N) is 1. The quantitative estimate of drug-likeness (QED) is 0.314. The van der Waals surface area contributed by atoms with E-state index in [1.165, 1.54) is 12.7 Å². The summed E-state index contributed by atoms with van der Waals surface area (Å²) in [6, 6.07) is 5.38. The molecule has 38 heavy (non-hydrogen) atoms. The van der Waals surface area contributed by atoms with E-state index in [0.717, 1.165) is 43.0 Å². The second-order valence-electron chi connectivity index (χ2n) is 10.7. The second-order valence-corrected chi connectivity index (χ2v) is 10.7. The standard InChI is InChI=1S/C28H35N7O3/c1-18(29)21-13-19(8-10-30-21)27-33-23(17-38-27)26(36)32-22-16-35-15-20(7-9-28(2,3)37)31-25(35)14-24(22)34-11-5-4-6-12-34/h8,10,13-18,37H,4-7,9,11-12,29H2,1-3H3,(H,32,36). The van der Waals surface area contributed by atoms with Gasteiger partial charge in [0.15, 0.2) is 5.69 Å². The summed E-state index contributed by atoms with van der Waals surface area (Å²) < 4.78 is 7.55. The number of anilines is 2. The molecule has 4 aromatic heterocycles. The average Bonchev–Trinajstić information content (AvgIpc) is 3.54. The molecule has 5 rings (SSSR count). The number of oxazole rings is 1. The third-order valence-electron chi connectivity index (χ3n) is 6.79. The van der Waals surface area contributed by atoms with Crippen LogP contribution in [0.25, 0.3) is 17.1 Å². The molecular formula is C28H35N7O3. The Morgan fingerprint density at radius 3 is 2.74 bits per heavy atom. The van der Waals surface area contributed by atoms with Crippen molar-refractivity contribution < 1.29 is 14.3 Å². The summed E-state index contributed by atoms with van der Waals surface area (Å²) >= 11 is 0. The SMILES string of the molecule is CC(N)c1cc(-c2nc(C(=O)Nc3cn4cc(CCC(C)(C)O)nc4cc3N3CCCCC3)co2)ccn1. The zero-order valence-electron chi connectivity index (χ0n) is 22.1. The van der Waals surface area contributed by atoms with Gasteiger partial charge in [0.25, 0.3) is 5.91 Å². The van der Waals surface area contributed by atoms with Crippen molar-refractivity contribution in [2.45, 2.75) is 64.5 Å². The van der Waals surface area contributed by atoms with Crippen molar-refractivity contribution in [2.24, 2.45) is 5.73 Å². The van der Waals surface area contributed by atoms with E-state index in [4.69, 9.17) is 15.1 Å². The van der Waals surface area contributed by atoms with Crippen LogP contribution in [0.2, 0.25) is 0 Å². The predicted molar refractivity (Wildman–Crippen MR) is 146 cm³/mol. The molecule has 4 N–H and O–H groups in total. The molecule has 0 radical (unpaired) electrons. The zero-order chi connectivity index (χ0) is 26.9. The number of hydrogen-bond acceptors (Lipinski definition) is 8. The molecule has 0 spiro atoms. The zero-order valence-corrected chi connectivity index (χ0v) is 22.1. The van der Waals surface area contributed by atoms with Crippen LogP contribution in [0.4, 0.5) is 11.4 Å². The topological polar surface area (TPSA) is 135 Å². The van der Waals surface area contributed by atoms with Gasteiger partial charge in [-0.05, 0) is 65.0 Å². The van der Waals surface area contributed by atoms with Crippen LogP contribution in [0.1, 0.15) is 74.4 Å². The van der Waals surface area contributed by atoms with Crippen LogP contribution in [0.3, 0.4) is 0 Å². The minimum atomic E-state index is -0.759. The molecule has 0 aromatic carbocycles. The Morgan fingerprint density at radius 2 is 2.00 bits per heavy atom. The van der Waals surface area contributed by atoms with Gasteiger partial charge in [0.1, 0.15) is 11.9 Å². The van der Waals surface area contributed by atoms with Gasteiger partial charge >= 0.3 is 0 Å². The van der Waals surface area contributed by atoms with Gasteiger partial charge < -0.3 is 29.9 Å². The van der Waals surface area contributed by atoms with E-state index in [-0.39, 0.29) is 17.6 Å². The van der Waals surface area contributed by atoms with Crippen molar-refractivity contribution in [1.82, 2.24) is 19.4 Å². The van der Waals surface area contributed by atoms with Gasteiger partial charge in [-0.25, -0.2) is 9.97 Å². The van der Waals surface area contributed by atoms with Gasteiger partial charge in [0.2, 0.25) is 5.89 Å². The smallest absolute Gasteiger partial charge is 0.277 e. The number of imidazole rings is 1. The largest absolute Gasteiger partial charge is 0.444 e. The van der Waals surface area contributed by atoms with E-state index in [1.54, 1.807) is 26.1 Å². The molecule has 1 unspecified atom stereocenters. The first kappa shape index (κ1) is 25.9. The number of hydrogen-bond donors (Lipinski definition) is 3. The monoisotopic (exact) mass is 517 g/mol. The summed E-state index contributed by atoms with van der Waals surface area (Å²) in [4.78, 5) is 29.1. The van der Waals surface area contributed by atoms with E-state index in [1.807, 2.05) is 35.9 Å². The lowest BCUT2D eigenvalue weighted by Gasteiger charge is -2.30. The van der Waals surface area contributed by atoms with Crippen molar-refractivity contribution in [1.29, 1.82) is 0 Å². The van der Waals surface area contributed by atoms with Crippen molar-refractivity contribution in [3.8, 4) is 11.5 Å². The molecule has 0 saturated carbocycles. The van der Waals surface area contributed by atoms with Crippen LogP contribution in [0.5, 0.6) is 0 Å². The summed E-state index contributed by atoms with van der Waals surface area (Å²) in [5.41, 5.74) is 10.1. The highest BCUT2D eigenvalue weighted by Crippen LogP contribution is 2.31. The Hall–Kier alpha value is -3.76. The fraction of sp³-hybridized carbons (Fsp3) is 0.429. The molecule has 10 heteroatoms. The molecule has 1 saturated heterocycles. The Bertz CT molecular complexity index is 1430. The number of nitrogens with zero attached hydrogens (tertiary/aromatic N) is 5. The van der Waals surface area contributed by atoms with Crippen LogP contribution in [-0.2, 0) is 6.42 Å². The molecule has 10 nitrogen and oxygen atoms in total. The van der Waals surface area contributed by atoms with Gasteiger partial charge in [0.05, 0.1) is 28.4 Å². The number of piperidine rings is 1. The predicted octanol–water partition coefficient (Wildman–Crippen LogP) is 4.35. The summed E-state index contributed by atoms with van der Waals surface area (Å²) in [6.45, 7) is 7.29. The third kappa shape index (κ3) is 5.87. The normalized spacial score (nSPS) is 15.1. The molecule has 4 aromatic rings. The van der Waals surface area contributed by atoms with Gasteiger partial charge in [-0.15, -0.1) is 0 Å². The summed E-state index contributed by atoms with van der Waals surface area (Å²) in [7, 11) is 0. The lowest BCUT2D eigenvalue weighted by Crippen LogP contribution is -2.30. The maximum Gasteiger partial charge on any atom is 0.277 e. The first-order valence-electron chi connectivity index (χ1n) is 13.1. The number of aromatic nitrogens is 4. The molecule has 0 aliphatic carbocycles. The van der Waals surface area contributed by atoms with Gasteiger partial charge in [0, 0.05) is 49.4 Å². The molecule has 1 atom stereocenters. The number of rotatable bonds is 8. The van der Waals surface area contributed by atoms with Crippen molar-refractivity contribution in [2.75, 3.05) is 23.3 Å². The molecular weight excluding hydrogens is 482 g/mol. The molecule has 200 valence electrons. The molecule has 1 fully saturated rings. The van der Waals surface area contributed by atoms with E-state index < -0.39 is 5.60 Å². The first-order chi connectivity index (χ1) is 18.2. The number of pyridine rings is 2. The molecule has 5 heterocycles. The Morgan fingerprint density at radius 1 is 1.21 bits per heavy atom. The van der Waals surface area contributed by atoms with Crippen LogP contribution < -0.4 is 16.0 Å². The Balaban J connectivity index is 1.42. The first-order valence-corrected chi connectivity index (χ1v) is 13.1. The highest BCUT2D eigenvalue weighted by atomic mass is 16.3. The number of aliphatic hydroxyl groups is 1. The third-order valence-corrected chi connectivity index (χ3v) is 6.79.